The van der Waals surface area contributed by atoms with Gasteiger partial charge >= 0.3 is 0 Å². The summed E-state index contributed by atoms with van der Waals surface area (Å²) < 4.78 is 2.54. The minimum absolute atomic E-state index is 0.347. The molecule has 0 spiro atoms. The minimum Gasteiger partial charge on any atom is -0.337 e. The highest BCUT2D eigenvalue weighted by Gasteiger charge is 2.35. The number of nitrogens with zero attached hydrogens (tertiary/aromatic N) is 2. The second kappa shape index (κ2) is 6.27. The molecule has 2 heterocycles. The van der Waals surface area contributed by atoms with Crippen LogP contribution in [0.4, 0.5) is 0 Å². The van der Waals surface area contributed by atoms with Crippen LogP contribution in [0, 0.1) is 6.92 Å². The van der Waals surface area contributed by atoms with Crippen LogP contribution >= 0.6 is 23.5 Å². The van der Waals surface area contributed by atoms with E-state index in [1.54, 1.807) is 0 Å². The smallest absolute Gasteiger partial charge is 0.0945 e. The van der Waals surface area contributed by atoms with Crippen LogP contribution in [0.25, 0.3) is 0 Å². The first-order chi connectivity index (χ1) is 9.76. The van der Waals surface area contributed by atoms with Gasteiger partial charge < -0.3 is 4.57 Å². The van der Waals surface area contributed by atoms with Crippen molar-refractivity contribution in [2.75, 3.05) is 11.5 Å². The van der Waals surface area contributed by atoms with E-state index in [-0.39, 0.29) is 0 Å². The average Bonchev–Trinajstić information content (AvgIpc) is 3.11. The molecule has 0 bridgehead atoms. The predicted octanol–water partition coefficient (Wildman–Crippen LogP) is 4.00. The van der Waals surface area contributed by atoms with Gasteiger partial charge in [-0.1, -0.05) is 29.8 Å². The summed E-state index contributed by atoms with van der Waals surface area (Å²) in [4.78, 5) is 4.13. The van der Waals surface area contributed by atoms with Crippen molar-refractivity contribution < 1.29 is 0 Å². The van der Waals surface area contributed by atoms with Crippen molar-refractivity contribution in [3.05, 3.63) is 54.1 Å². The molecule has 1 fully saturated rings. The number of aryl methyl sites for hydroxylation is 2. The van der Waals surface area contributed by atoms with E-state index in [2.05, 4.69) is 70.5 Å². The lowest BCUT2D eigenvalue weighted by Gasteiger charge is -2.27. The van der Waals surface area contributed by atoms with Crippen LogP contribution in [-0.4, -0.2) is 25.1 Å². The monoisotopic (exact) mass is 304 g/mol. The minimum atomic E-state index is 0.347. The van der Waals surface area contributed by atoms with Crippen LogP contribution in [0.1, 0.15) is 17.5 Å². The molecular formula is C16H20N2S2. The molecule has 0 N–H and O–H groups in total. The van der Waals surface area contributed by atoms with E-state index in [4.69, 9.17) is 0 Å². The van der Waals surface area contributed by atoms with Gasteiger partial charge in [0.05, 0.1) is 10.4 Å². The van der Waals surface area contributed by atoms with Crippen molar-refractivity contribution in [1.29, 1.82) is 0 Å². The van der Waals surface area contributed by atoms with Crippen LogP contribution in [0.3, 0.4) is 0 Å². The first-order valence-electron chi connectivity index (χ1n) is 7.05. The highest BCUT2D eigenvalue weighted by Crippen LogP contribution is 2.48. The maximum absolute atomic E-state index is 4.13. The molecule has 0 radical (unpaired) electrons. The zero-order valence-corrected chi connectivity index (χ0v) is 13.4. The fourth-order valence-corrected chi connectivity index (χ4v) is 5.82. The second-order valence-electron chi connectivity index (χ2n) is 5.32. The molecule has 0 atom stereocenters. The first-order valence-corrected chi connectivity index (χ1v) is 9.02. The van der Waals surface area contributed by atoms with E-state index in [0.717, 1.165) is 13.0 Å². The fraction of sp³-hybridized carbons (Fsp3) is 0.438. The molecule has 0 aliphatic carbocycles. The Morgan fingerprint density at radius 2 is 1.95 bits per heavy atom. The van der Waals surface area contributed by atoms with Crippen molar-refractivity contribution in [1.82, 2.24) is 9.55 Å². The SMILES string of the molecule is Cc1ccc(CC2(CCn3ccnc3)SCCS2)cc1. The molecule has 3 rings (SSSR count). The average molecular weight is 304 g/mol. The van der Waals surface area contributed by atoms with Crippen LogP contribution in [0.15, 0.2) is 43.0 Å². The molecule has 2 aromatic rings. The lowest BCUT2D eigenvalue weighted by atomic mass is 10.1. The number of hydrogen-bond donors (Lipinski definition) is 0. The van der Waals surface area contributed by atoms with Gasteiger partial charge in [0, 0.05) is 30.4 Å². The van der Waals surface area contributed by atoms with E-state index >= 15 is 0 Å². The Labute approximate surface area is 129 Å². The molecule has 0 saturated carbocycles. The van der Waals surface area contributed by atoms with Crippen molar-refractivity contribution in [2.45, 2.75) is 30.4 Å². The molecule has 0 unspecified atom stereocenters. The molecule has 1 aliphatic heterocycles. The third-order valence-electron chi connectivity index (χ3n) is 3.72. The van der Waals surface area contributed by atoms with Crippen LogP contribution < -0.4 is 0 Å². The molecule has 1 saturated heterocycles. The number of rotatable bonds is 5. The number of imidazole rings is 1. The predicted molar refractivity (Wildman–Crippen MR) is 89.4 cm³/mol. The number of benzene rings is 1. The Balaban J connectivity index is 1.69. The van der Waals surface area contributed by atoms with Crippen LogP contribution in [0.5, 0.6) is 0 Å². The van der Waals surface area contributed by atoms with Crippen molar-refractivity contribution in [2.24, 2.45) is 0 Å². The van der Waals surface area contributed by atoms with E-state index in [0.29, 0.717) is 4.08 Å². The Morgan fingerprint density at radius 1 is 1.20 bits per heavy atom. The zero-order valence-electron chi connectivity index (χ0n) is 11.8. The van der Waals surface area contributed by atoms with Gasteiger partial charge in [0.1, 0.15) is 0 Å². The summed E-state index contributed by atoms with van der Waals surface area (Å²) in [5, 5.41) is 0. The van der Waals surface area contributed by atoms with Gasteiger partial charge in [0.25, 0.3) is 0 Å². The quantitative estimate of drug-likeness (QED) is 0.831. The van der Waals surface area contributed by atoms with Gasteiger partial charge in [0.2, 0.25) is 0 Å². The Morgan fingerprint density at radius 3 is 2.60 bits per heavy atom. The Kier molecular flexibility index (Phi) is 4.41. The third-order valence-corrected chi connectivity index (χ3v) is 7.25. The number of hydrogen-bond acceptors (Lipinski definition) is 3. The van der Waals surface area contributed by atoms with E-state index < -0.39 is 0 Å². The zero-order chi connectivity index (χ0) is 13.8. The molecule has 106 valence electrons. The van der Waals surface area contributed by atoms with Crippen LogP contribution in [-0.2, 0) is 13.0 Å². The van der Waals surface area contributed by atoms with Gasteiger partial charge in [-0.25, -0.2) is 4.98 Å². The molecule has 0 amide bonds. The summed E-state index contributed by atoms with van der Waals surface area (Å²) in [7, 11) is 0. The molecule has 1 aliphatic rings. The van der Waals surface area contributed by atoms with E-state index in [9.17, 15) is 0 Å². The lowest BCUT2D eigenvalue weighted by Crippen LogP contribution is -2.23. The summed E-state index contributed by atoms with van der Waals surface area (Å²) in [6.07, 6.45) is 8.21. The molecule has 1 aromatic carbocycles. The van der Waals surface area contributed by atoms with Gasteiger partial charge in [0.15, 0.2) is 0 Å². The third kappa shape index (κ3) is 3.41. The number of aromatic nitrogens is 2. The molecule has 1 aromatic heterocycles. The summed E-state index contributed by atoms with van der Waals surface area (Å²) in [5.74, 6) is 2.56. The molecular weight excluding hydrogens is 284 g/mol. The first kappa shape index (κ1) is 14.1. The van der Waals surface area contributed by atoms with Gasteiger partial charge in [-0.3, -0.25) is 0 Å². The highest BCUT2D eigenvalue weighted by atomic mass is 32.2. The maximum atomic E-state index is 4.13. The Hall–Kier alpha value is -0.870. The summed E-state index contributed by atoms with van der Waals surface area (Å²) >= 11 is 4.28. The summed E-state index contributed by atoms with van der Waals surface area (Å²) in [5.41, 5.74) is 2.80. The molecule has 2 nitrogen and oxygen atoms in total. The summed E-state index contributed by atoms with van der Waals surface area (Å²) in [6, 6.07) is 9.02. The van der Waals surface area contributed by atoms with E-state index in [1.807, 2.05) is 12.5 Å². The summed E-state index contributed by atoms with van der Waals surface area (Å²) in [6.45, 7) is 3.21. The second-order valence-corrected chi connectivity index (χ2v) is 8.54. The Bertz CT molecular complexity index is 528. The maximum Gasteiger partial charge on any atom is 0.0945 e. The van der Waals surface area contributed by atoms with Gasteiger partial charge in [-0.2, -0.15) is 0 Å². The number of thioether (sulfide) groups is 2. The standard InChI is InChI=1S/C16H20N2S2/c1-14-2-4-15(5-3-14)12-16(19-10-11-20-16)6-8-18-9-7-17-13-18/h2-5,7,9,13H,6,8,10-12H2,1H3. The van der Waals surface area contributed by atoms with Gasteiger partial charge in [-0.05, 0) is 25.3 Å². The van der Waals surface area contributed by atoms with Crippen molar-refractivity contribution in [3.63, 3.8) is 0 Å². The lowest BCUT2D eigenvalue weighted by molar-refractivity contribution is 0.597. The van der Waals surface area contributed by atoms with Gasteiger partial charge in [-0.15, -0.1) is 23.5 Å². The molecule has 4 heteroatoms. The van der Waals surface area contributed by atoms with Crippen molar-refractivity contribution >= 4 is 23.5 Å². The normalized spacial score (nSPS) is 17.4. The molecule has 20 heavy (non-hydrogen) atoms. The fourth-order valence-electron chi connectivity index (χ4n) is 2.57. The highest BCUT2D eigenvalue weighted by molar-refractivity contribution is 8.21. The van der Waals surface area contributed by atoms with Crippen molar-refractivity contribution in [3.8, 4) is 0 Å². The largest absolute Gasteiger partial charge is 0.337 e. The van der Waals surface area contributed by atoms with E-state index in [1.165, 1.54) is 29.1 Å². The topological polar surface area (TPSA) is 17.8 Å². The van der Waals surface area contributed by atoms with Crippen LogP contribution in [0.2, 0.25) is 0 Å².